The van der Waals surface area contributed by atoms with Gasteiger partial charge in [-0.3, -0.25) is 9.78 Å². The Bertz CT molecular complexity index is 1490. The second kappa shape index (κ2) is 8.98. The summed E-state index contributed by atoms with van der Waals surface area (Å²) in [6, 6.07) is 17.6. The van der Waals surface area contributed by atoms with Gasteiger partial charge in [0.15, 0.2) is 5.76 Å². The van der Waals surface area contributed by atoms with E-state index in [2.05, 4.69) is 32.5 Å². The molecule has 172 valence electrons. The molecule has 5 aromatic rings. The number of nitrogens with zero attached hydrogens (tertiary/aromatic N) is 5. The van der Waals surface area contributed by atoms with E-state index in [4.69, 9.17) is 9.40 Å². The molecule has 0 fully saturated rings. The molecule has 1 aromatic carbocycles. The second-order valence-corrected chi connectivity index (χ2v) is 8.32. The Kier molecular flexibility index (Phi) is 5.38. The lowest BCUT2D eigenvalue weighted by atomic mass is 9.90. The van der Waals surface area contributed by atoms with Gasteiger partial charge in [0.05, 0.1) is 23.7 Å². The number of carbonyl (C=O) groups is 1. The van der Waals surface area contributed by atoms with Crippen LogP contribution >= 0.6 is 0 Å². The van der Waals surface area contributed by atoms with E-state index >= 15 is 0 Å². The number of benzene rings is 1. The Morgan fingerprint density at radius 1 is 0.971 bits per heavy atom. The number of fused-ring (bicyclic) bond motifs is 3. The first-order chi connectivity index (χ1) is 17.3. The summed E-state index contributed by atoms with van der Waals surface area (Å²) in [7, 11) is 0. The molecule has 0 saturated carbocycles. The molecule has 35 heavy (non-hydrogen) atoms. The van der Waals surface area contributed by atoms with Gasteiger partial charge in [0, 0.05) is 36.6 Å². The van der Waals surface area contributed by atoms with Crippen LogP contribution in [0.1, 0.15) is 27.2 Å². The maximum absolute atomic E-state index is 13.1. The predicted molar refractivity (Wildman–Crippen MR) is 130 cm³/mol. The third-order valence-corrected chi connectivity index (χ3v) is 6.14. The molecule has 1 aliphatic carbocycles. The van der Waals surface area contributed by atoms with Gasteiger partial charge in [-0.1, -0.05) is 30.3 Å². The van der Waals surface area contributed by atoms with Crippen molar-refractivity contribution in [1.29, 1.82) is 0 Å². The lowest BCUT2D eigenvalue weighted by molar-refractivity contribution is 0.0954. The number of pyridine rings is 1. The molecule has 0 radical (unpaired) electrons. The van der Waals surface area contributed by atoms with Gasteiger partial charge in [-0.15, -0.1) is 0 Å². The quantitative estimate of drug-likeness (QED) is 0.409. The molecule has 0 spiro atoms. The van der Waals surface area contributed by atoms with Crippen LogP contribution in [0.4, 0.5) is 0 Å². The van der Waals surface area contributed by atoms with Gasteiger partial charge in [-0.25, -0.2) is 9.97 Å². The summed E-state index contributed by atoms with van der Waals surface area (Å²) >= 11 is 0. The largest absolute Gasteiger partial charge is 0.463 e. The monoisotopic (exact) mass is 462 g/mol. The maximum atomic E-state index is 13.1. The molecule has 8 nitrogen and oxygen atoms in total. The van der Waals surface area contributed by atoms with Crippen LogP contribution < -0.4 is 5.32 Å². The lowest BCUT2D eigenvalue weighted by Crippen LogP contribution is -2.26. The molecule has 1 N–H and O–H groups in total. The van der Waals surface area contributed by atoms with Gasteiger partial charge in [0.25, 0.3) is 11.9 Å². The number of rotatable bonds is 6. The van der Waals surface area contributed by atoms with Crippen molar-refractivity contribution in [2.45, 2.75) is 19.3 Å². The lowest BCUT2D eigenvalue weighted by Gasteiger charge is -2.19. The standard InChI is InChI=1S/C27H22N6O2/c34-26(29-14-12-20-7-3-4-13-28-20)22-17-31-33(25(22)23-9-5-15-35-23)27-30-16-19-11-10-18-6-1-2-8-21(18)24(19)32-27/h1-9,13,15-17H,10-12,14H2,(H,29,34). The van der Waals surface area contributed by atoms with Gasteiger partial charge in [-0.2, -0.15) is 9.78 Å². The molecule has 0 unspecified atom stereocenters. The van der Waals surface area contributed by atoms with Gasteiger partial charge in [-0.05, 0) is 48.2 Å². The van der Waals surface area contributed by atoms with Crippen LogP contribution in [0, 0.1) is 0 Å². The summed E-state index contributed by atoms with van der Waals surface area (Å²) < 4.78 is 7.24. The molecule has 1 aliphatic rings. The number of aromatic nitrogens is 5. The topological polar surface area (TPSA) is 98.7 Å². The molecule has 4 aromatic heterocycles. The summed E-state index contributed by atoms with van der Waals surface area (Å²) in [6.07, 6.45) is 9.18. The van der Waals surface area contributed by atoms with Gasteiger partial charge in [0.2, 0.25) is 0 Å². The Morgan fingerprint density at radius 2 is 1.86 bits per heavy atom. The van der Waals surface area contributed by atoms with E-state index in [0.29, 0.717) is 35.9 Å². The Morgan fingerprint density at radius 3 is 2.71 bits per heavy atom. The van der Waals surface area contributed by atoms with E-state index in [1.807, 2.05) is 36.5 Å². The highest BCUT2D eigenvalue weighted by Gasteiger charge is 2.25. The van der Waals surface area contributed by atoms with Crippen molar-refractivity contribution >= 4 is 5.91 Å². The molecule has 0 atom stereocenters. The average molecular weight is 463 g/mol. The highest BCUT2D eigenvalue weighted by Crippen LogP contribution is 2.33. The van der Waals surface area contributed by atoms with Gasteiger partial charge in [0.1, 0.15) is 5.69 Å². The van der Waals surface area contributed by atoms with Crippen LogP contribution in [0.15, 0.2) is 83.9 Å². The SMILES string of the molecule is O=C(NCCc1ccccn1)c1cnn(-c2ncc3c(n2)-c2ccccc2CC3)c1-c1ccco1. The average Bonchev–Trinajstić information content (AvgIpc) is 3.59. The highest BCUT2D eigenvalue weighted by atomic mass is 16.3. The van der Waals surface area contributed by atoms with Crippen molar-refractivity contribution in [3.05, 3.63) is 102 Å². The fourth-order valence-electron chi connectivity index (χ4n) is 4.42. The Labute approximate surface area is 201 Å². The van der Waals surface area contributed by atoms with Gasteiger partial charge >= 0.3 is 0 Å². The number of nitrogens with one attached hydrogen (secondary N) is 1. The second-order valence-electron chi connectivity index (χ2n) is 8.32. The summed E-state index contributed by atoms with van der Waals surface area (Å²) in [4.78, 5) is 26.9. The van der Waals surface area contributed by atoms with Crippen molar-refractivity contribution in [3.63, 3.8) is 0 Å². The fourth-order valence-corrected chi connectivity index (χ4v) is 4.42. The van der Waals surface area contributed by atoms with Crippen molar-refractivity contribution < 1.29 is 9.21 Å². The first-order valence-corrected chi connectivity index (χ1v) is 11.5. The molecule has 6 rings (SSSR count). The van der Waals surface area contributed by atoms with Crippen LogP contribution in [0.5, 0.6) is 0 Å². The van der Waals surface area contributed by atoms with Crippen LogP contribution in [0.25, 0.3) is 28.7 Å². The van der Waals surface area contributed by atoms with E-state index in [1.165, 1.54) is 11.8 Å². The van der Waals surface area contributed by atoms with E-state index in [1.54, 1.807) is 29.3 Å². The zero-order valence-corrected chi connectivity index (χ0v) is 18.9. The Balaban J connectivity index is 1.34. The van der Waals surface area contributed by atoms with Crippen LogP contribution in [0.2, 0.25) is 0 Å². The third-order valence-electron chi connectivity index (χ3n) is 6.14. The minimum atomic E-state index is -0.248. The first-order valence-electron chi connectivity index (χ1n) is 11.5. The minimum Gasteiger partial charge on any atom is -0.463 e. The predicted octanol–water partition coefficient (Wildman–Crippen LogP) is 4.06. The number of carbonyl (C=O) groups excluding carboxylic acids is 1. The Hall–Kier alpha value is -4.59. The van der Waals surface area contributed by atoms with Crippen molar-refractivity contribution in [2.24, 2.45) is 0 Å². The number of furan rings is 1. The molecular formula is C27H22N6O2. The van der Waals surface area contributed by atoms with E-state index in [0.717, 1.165) is 35.4 Å². The number of amides is 1. The van der Waals surface area contributed by atoms with E-state index < -0.39 is 0 Å². The molecule has 0 saturated heterocycles. The van der Waals surface area contributed by atoms with Gasteiger partial charge < -0.3 is 9.73 Å². The maximum Gasteiger partial charge on any atom is 0.255 e. The van der Waals surface area contributed by atoms with Crippen molar-refractivity contribution in [2.75, 3.05) is 6.54 Å². The summed E-state index contributed by atoms with van der Waals surface area (Å²) in [6.45, 7) is 0.449. The van der Waals surface area contributed by atoms with Crippen molar-refractivity contribution in [3.8, 4) is 28.7 Å². The first kappa shape index (κ1) is 21.0. The smallest absolute Gasteiger partial charge is 0.255 e. The van der Waals surface area contributed by atoms with E-state index in [-0.39, 0.29) is 5.91 Å². The van der Waals surface area contributed by atoms with Crippen LogP contribution in [-0.4, -0.2) is 37.2 Å². The summed E-state index contributed by atoms with van der Waals surface area (Å²) in [5.74, 6) is 0.653. The molecule has 8 heteroatoms. The molecule has 1 amide bonds. The van der Waals surface area contributed by atoms with Crippen LogP contribution in [0.3, 0.4) is 0 Å². The molecule has 4 heterocycles. The van der Waals surface area contributed by atoms with E-state index in [9.17, 15) is 4.79 Å². The number of hydrogen-bond acceptors (Lipinski definition) is 6. The third kappa shape index (κ3) is 3.99. The van der Waals surface area contributed by atoms with Crippen molar-refractivity contribution in [1.82, 2.24) is 30.0 Å². The zero-order chi connectivity index (χ0) is 23.6. The molecular weight excluding hydrogens is 440 g/mol. The molecule has 0 bridgehead atoms. The highest BCUT2D eigenvalue weighted by molar-refractivity contribution is 5.99. The minimum absolute atomic E-state index is 0.248. The number of aryl methyl sites for hydroxylation is 2. The molecule has 0 aliphatic heterocycles. The van der Waals surface area contributed by atoms with Crippen LogP contribution in [-0.2, 0) is 19.3 Å². The summed E-state index contributed by atoms with van der Waals surface area (Å²) in [5.41, 5.74) is 6.20. The summed E-state index contributed by atoms with van der Waals surface area (Å²) in [5, 5.41) is 7.46. The number of hydrogen-bond donors (Lipinski definition) is 1. The zero-order valence-electron chi connectivity index (χ0n) is 18.9. The fraction of sp³-hybridized carbons (Fsp3) is 0.148. The normalized spacial score (nSPS) is 12.1.